The number of aliphatic hydroxyl groups is 1. The standard InChI is InChI=1S/C26H21ClN4O4/c1-15-29-24(30-35-15)23-22(27)20-14-19(34-2)12-13-21(20)31(23)18-10-8-17(9-11-18)26(33,25(28)32)16-6-4-3-5-7-16/h3-14,33H,1-2H3,(H2,28,32). The summed E-state index contributed by atoms with van der Waals surface area (Å²) in [5, 5.41) is 16.6. The van der Waals surface area contributed by atoms with Gasteiger partial charge in [0.25, 0.3) is 5.91 Å². The zero-order valence-corrected chi connectivity index (χ0v) is 19.7. The SMILES string of the molecule is COc1ccc2c(c1)c(Cl)c(-c1noc(C)n1)n2-c1ccc(C(O)(C(N)=O)c2ccccc2)cc1. The fourth-order valence-corrected chi connectivity index (χ4v) is 4.52. The zero-order valence-electron chi connectivity index (χ0n) is 18.9. The van der Waals surface area contributed by atoms with Crippen molar-refractivity contribution in [1.82, 2.24) is 14.7 Å². The molecule has 2 heterocycles. The second-order valence-corrected chi connectivity index (χ2v) is 8.38. The Bertz CT molecular complexity index is 1540. The van der Waals surface area contributed by atoms with Gasteiger partial charge >= 0.3 is 0 Å². The Labute approximate surface area is 205 Å². The van der Waals surface area contributed by atoms with E-state index in [1.54, 1.807) is 68.6 Å². The summed E-state index contributed by atoms with van der Waals surface area (Å²) in [5.74, 6) is 0.498. The molecule has 0 saturated carbocycles. The molecule has 8 nitrogen and oxygen atoms in total. The van der Waals surface area contributed by atoms with E-state index >= 15 is 0 Å². The molecule has 35 heavy (non-hydrogen) atoms. The van der Waals surface area contributed by atoms with Crippen LogP contribution < -0.4 is 10.5 Å². The predicted molar refractivity (Wildman–Crippen MR) is 132 cm³/mol. The number of rotatable bonds is 6. The van der Waals surface area contributed by atoms with Gasteiger partial charge in [-0.2, -0.15) is 4.98 Å². The minimum absolute atomic E-state index is 0.324. The maximum Gasteiger partial charge on any atom is 0.258 e. The predicted octanol–water partition coefficient (Wildman–Crippen LogP) is 4.37. The highest BCUT2D eigenvalue weighted by Crippen LogP contribution is 2.40. The van der Waals surface area contributed by atoms with Crippen LogP contribution in [0, 0.1) is 6.92 Å². The van der Waals surface area contributed by atoms with Crippen LogP contribution in [0.15, 0.2) is 77.3 Å². The van der Waals surface area contributed by atoms with E-state index in [1.807, 2.05) is 22.8 Å². The van der Waals surface area contributed by atoms with Crippen LogP contribution in [0.4, 0.5) is 0 Å². The van der Waals surface area contributed by atoms with Gasteiger partial charge in [-0.25, -0.2) is 0 Å². The molecule has 0 aliphatic heterocycles. The maximum atomic E-state index is 12.4. The first-order valence-electron chi connectivity index (χ1n) is 10.7. The van der Waals surface area contributed by atoms with Crippen molar-refractivity contribution in [2.75, 3.05) is 7.11 Å². The lowest BCUT2D eigenvalue weighted by molar-refractivity contribution is -0.133. The molecule has 0 saturated heterocycles. The van der Waals surface area contributed by atoms with Crippen LogP contribution in [0.25, 0.3) is 28.1 Å². The number of hydrogen-bond donors (Lipinski definition) is 2. The summed E-state index contributed by atoms with van der Waals surface area (Å²) in [6.07, 6.45) is 0. The highest BCUT2D eigenvalue weighted by Gasteiger charge is 2.38. The summed E-state index contributed by atoms with van der Waals surface area (Å²) >= 11 is 6.81. The molecule has 0 bridgehead atoms. The minimum atomic E-state index is -1.99. The van der Waals surface area contributed by atoms with E-state index in [1.165, 1.54) is 0 Å². The average Bonchev–Trinajstić information content (AvgIpc) is 3.44. The molecule has 3 N–H and O–H groups in total. The molecule has 2 aromatic heterocycles. The van der Waals surface area contributed by atoms with Gasteiger partial charge in [0.05, 0.1) is 17.6 Å². The third kappa shape index (κ3) is 3.63. The number of methoxy groups -OCH3 is 1. The second-order valence-electron chi connectivity index (χ2n) is 8.01. The Morgan fingerprint density at radius 2 is 1.77 bits per heavy atom. The van der Waals surface area contributed by atoms with Gasteiger partial charge in [-0.15, -0.1) is 0 Å². The lowest BCUT2D eigenvalue weighted by Crippen LogP contribution is -2.42. The van der Waals surface area contributed by atoms with Crippen molar-refractivity contribution in [2.45, 2.75) is 12.5 Å². The lowest BCUT2D eigenvalue weighted by atomic mass is 9.85. The Balaban J connectivity index is 1.70. The minimum Gasteiger partial charge on any atom is -0.497 e. The summed E-state index contributed by atoms with van der Waals surface area (Å²) in [4.78, 5) is 16.7. The number of primary amides is 1. The molecule has 1 amide bonds. The van der Waals surface area contributed by atoms with Crippen LogP contribution >= 0.6 is 11.6 Å². The average molecular weight is 489 g/mol. The highest BCUT2D eigenvalue weighted by atomic mass is 35.5. The van der Waals surface area contributed by atoms with E-state index in [2.05, 4.69) is 10.1 Å². The summed E-state index contributed by atoms with van der Waals surface area (Å²) < 4.78 is 12.5. The van der Waals surface area contributed by atoms with Crippen LogP contribution in [-0.2, 0) is 10.4 Å². The van der Waals surface area contributed by atoms with Gasteiger partial charge < -0.3 is 24.7 Å². The van der Waals surface area contributed by atoms with Crippen molar-refractivity contribution in [3.8, 4) is 23.0 Å². The van der Waals surface area contributed by atoms with E-state index < -0.39 is 11.5 Å². The van der Waals surface area contributed by atoms with Crippen LogP contribution in [0.1, 0.15) is 17.0 Å². The Morgan fingerprint density at radius 3 is 2.37 bits per heavy atom. The molecule has 9 heteroatoms. The number of carbonyl (C=O) groups excluding carboxylic acids is 1. The van der Waals surface area contributed by atoms with Gasteiger partial charge in [-0.1, -0.05) is 59.2 Å². The Morgan fingerprint density at radius 1 is 1.09 bits per heavy atom. The van der Waals surface area contributed by atoms with E-state index in [-0.39, 0.29) is 0 Å². The fourth-order valence-electron chi connectivity index (χ4n) is 4.20. The molecule has 0 aliphatic carbocycles. The molecule has 3 aromatic carbocycles. The third-order valence-electron chi connectivity index (χ3n) is 5.94. The number of aryl methyl sites for hydroxylation is 1. The number of fused-ring (bicyclic) bond motifs is 1. The van der Waals surface area contributed by atoms with Crippen molar-refractivity contribution in [3.63, 3.8) is 0 Å². The Hall–Kier alpha value is -4.14. The van der Waals surface area contributed by atoms with Gasteiger partial charge in [0.1, 0.15) is 11.4 Å². The molecular formula is C26H21ClN4O4. The Kier molecular flexibility index (Phi) is 5.55. The van der Waals surface area contributed by atoms with E-state index in [9.17, 15) is 9.90 Å². The summed E-state index contributed by atoms with van der Waals surface area (Å²) in [5.41, 5.74) is 6.39. The molecule has 0 fully saturated rings. The van der Waals surface area contributed by atoms with Crippen LogP contribution in [0.5, 0.6) is 5.75 Å². The van der Waals surface area contributed by atoms with Crippen molar-refractivity contribution in [2.24, 2.45) is 5.73 Å². The molecule has 176 valence electrons. The quantitative estimate of drug-likeness (QED) is 0.366. The van der Waals surface area contributed by atoms with Gasteiger partial charge in [-0.3, -0.25) is 4.79 Å². The molecule has 1 atom stereocenters. The van der Waals surface area contributed by atoms with Crippen molar-refractivity contribution in [3.05, 3.63) is 94.8 Å². The number of benzene rings is 3. The number of ether oxygens (including phenoxy) is 1. The smallest absolute Gasteiger partial charge is 0.258 e. The number of hydrogen-bond acceptors (Lipinski definition) is 6. The molecule has 0 aliphatic rings. The molecule has 5 aromatic rings. The van der Waals surface area contributed by atoms with Gasteiger partial charge in [0.2, 0.25) is 11.7 Å². The summed E-state index contributed by atoms with van der Waals surface area (Å²) in [6.45, 7) is 1.70. The molecule has 5 rings (SSSR count). The van der Waals surface area contributed by atoms with E-state index in [0.29, 0.717) is 45.0 Å². The molecule has 0 spiro atoms. The normalized spacial score (nSPS) is 13.0. The number of amides is 1. The number of carbonyl (C=O) groups is 1. The highest BCUT2D eigenvalue weighted by molar-refractivity contribution is 6.38. The first kappa shape index (κ1) is 22.6. The van der Waals surface area contributed by atoms with E-state index in [4.69, 9.17) is 26.6 Å². The van der Waals surface area contributed by atoms with Crippen LogP contribution in [0.3, 0.4) is 0 Å². The number of nitrogens with two attached hydrogens (primary N) is 1. The molecule has 1 unspecified atom stereocenters. The van der Waals surface area contributed by atoms with Gasteiger partial charge in [-0.05, 0) is 41.5 Å². The van der Waals surface area contributed by atoms with Gasteiger partial charge in [0.15, 0.2) is 5.60 Å². The maximum absolute atomic E-state index is 12.4. The number of aromatic nitrogens is 3. The van der Waals surface area contributed by atoms with Crippen LogP contribution in [-0.4, -0.2) is 32.8 Å². The monoisotopic (exact) mass is 488 g/mol. The number of halogens is 1. The summed E-state index contributed by atoms with van der Waals surface area (Å²) in [7, 11) is 1.58. The van der Waals surface area contributed by atoms with Crippen molar-refractivity contribution >= 4 is 28.4 Å². The first-order chi connectivity index (χ1) is 16.8. The lowest BCUT2D eigenvalue weighted by Gasteiger charge is -2.26. The second kappa shape index (κ2) is 8.57. The largest absolute Gasteiger partial charge is 0.497 e. The third-order valence-corrected chi connectivity index (χ3v) is 6.33. The number of nitrogens with zero attached hydrogens (tertiary/aromatic N) is 3. The zero-order chi connectivity index (χ0) is 24.7. The molecular weight excluding hydrogens is 468 g/mol. The van der Waals surface area contributed by atoms with Crippen molar-refractivity contribution < 1.29 is 19.2 Å². The topological polar surface area (TPSA) is 116 Å². The van der Waals surface area contributed by atoms with Crippen LogP contribution in [0.2, 0.25) is 5.02 Å². The van der Waals surface area contributed by atoms with Crippen molar-refractivity contribution in [1.29, 1.82) is 0 Å². The fraction of sp³-hybridized carbons (Fsp3) is 0.115. The van der Waals surface area contributed by atoms with Gasteiger partial charge in [0, 0.05) is 18.0 Å². The van der Waals surface area contributed by atoms with E-state index in [0.717, 1.165) is 10.9 Å². The first-order valence-corrected chi connectivity index (χ1v) is 11.1. The molecule has 0 radical (unpaired) electrons. The summed E-state index contributed by atoms with van der Waals surface area (Å²) in [6, 6.07) is 21.0.